The summed E-state index contributed by atoms with van der Waals surface area (Å²) in [7, 11) is -4.32. The smallest absolute Gasteiger partial charge is 0.328 e. The largest absolute Gasteiger partial charge is 0.467 e. The second-order valence-electron chi connectivity index (χ2n) is 8.17. The normalized spacial score (nSPS) is 21.6. The van der Waals surface area contributed by atoms with E-state index in [9.17, 15) is 18.0 Å². The van der Waals surface area contributed by atoms with Crippen LogP contribution in [0.25, 0.3) is 0 Å². The number of nitrogens with zero attached hydrogens (tertiary/aromatic N) is 1. The zero-order valence-corrected chi connectivity index (χ0v) is 19.4. The molecule has 0 spiro atoms. The van der Waals surface area contributed by atoms with Gasteiger partial charge in [0, 0.05) is 12.5 Å². The predicted octanol–water partition coefficient (Wildman–Crippen LogP) is 1.81. The van der Waals surface area contributed by atoms with E-state index in [1.54, 1.807) is 15.7 Å². The van der Waals surface area contributed by atoms with E-state index in [0.29, 0.717) is 12.2 Å². The van der Waals surface area contributed by atoms with Crippen molar-refractivity contribution in [3.05, 3.63) is 0 Å². The molecule has 0 aliphatic carbocycles. The number of hydrogen-bond acceptors (Lipinski definition) is 6. The van der Waals surface area contributed by atoms with Gasteiger partial charge >= 0.3 is 5.97 Å². The number of thioether (sulfide) groups is 1. The summed E-state index contributed by atoms with van der Waals surface area (Å²) in [5.74, 6) is -0.0887. The highest BCUT2D eigenvalue weighted by Gasteiger charge is 2.56. The van der Waals surface area contributed by atoms with Crippen molar-refractivity contribution in [3.63, 3.8) is 0 Å². The molecule has 1 rings (SSSR count). The minimum absolute atomic E-state index is 0.0133. The first kappa shape index (κ1) is 23.5. The molecule has 1 aliphatic heterocycles. The van der Waals surface area contributed by atoms with Gasteiger partial charge in [-0.1, -0.05) is 33.9 Å². The Labute approximate surface area is 162 Å². The van der Waals surface area contributed by atoms with E-state index >= 15 is 0 Å². The summed E-state index contributed by atoms with van der Waals surface area (Å²) < 4.78 is 31.1. The van der Waals surface area contributed by atoms with Gasteiger partial charge in [0.1, 0.15) is 14.3 Å². The molecule has 0 aromatic carbocycles. The number of methoxy groups -OCH3 is 1. The lowest BCUT2D eigenvalue weighted by Crippen LogP contribution is -2.70. The number of carbonyl (C=O) groups is 2. The summed E-state index contributed by atoms with van der Waals surface area (Å²) in [6.07, 6.45) is 2.47. The van der Waals surface area contributed by atoms with Gasteiger partial charge in [0.2, 0.25) is 15.9 Å². The van der Waals surface area contributed by atoms with Gasteiger partial charge in [-0.25, -0.2) is 17.2 Å². The topological polar surface area (TPSA) is 92.8 Å². The van der Waals surface area contributed by atoms with E-state index in [1.165, 1.54) is 7.11 Å². The van der Waals surface area contributed by atoms with Gasteiger partial charge in [-0.2, -0.15) is 11.8 Å². The summed E-state index contributed by atoms with van der Waals surface area (Å²) >= 11 is 1.58. The van der Waals surface area contributed by atoms with Gasteiger partial charge in [-0.05, 0) is 23.5 Å². The van der Waals surface area contributed by atoms with Gasteiger partial charge in [0.25, 0.3) is 0 Å². The van der Waals surface area contributed by atoms with E-state index < -0.39 is 30.3 Å². The van der Waals surface area contributed by atoms with Crippen LogP contribution in [0.15, 0.2) is 0 Å². The molecule has 2 atom stereocenters. The molecule has 1 fully saturated rings. The van der Waals surface area contributed by atoms with E-state index in [2.05, 4.69) is 5.32 Å². The van der Waals surface area contributed by atoms with Crippen LogP contribution in [0.2, 0.25) is 18.1 Å². The molecule has 1 amide bonds. The molecule has 0 saturated carbocycles. The first-order valence-corrected chi connectivity index (χ1v) is 14.6. The van der Waals surface area contributed by atoms with Crippen LogP contribution in [-0.2, 0) is 24.3 Å². The third-order valence-corrected chi connectivity index (χ3v) is 15.0. The molecule has 1 unspecified atom stereocenters. The van der Waals surface area contributed by atoms with Crippen LogP contribution in [0.1, 0.15) is 33.6 Å². The van der Waals surface area contributed by atoms with Crippen LogP contribution in [0.5, 0.6) is 0 Å². The van der Waals surface area contributed by atoms with Crippen molar-refractivity contribution in [2.24, 2.45) is 0 Å². The molecule has 10 heteroatoms. The highest BCUT2D eigenvalue weighted by Crippen LogP contribution is 2.44. The number of sulfonamides is 1. The summed E-state index contributed by atoms with van der Waals surface area (Å²) in [6, 6.07) is -1.03. The van der Waals surface area contributed by atoms with Crippen molar-refractivity contribution >= 4 is 41.9 Å². The number of rotatable bonds is 8. The minimum atomic E-state index is -3.30. The Kier molecular flexibility index (Phi) is 7.77. The number of carbonyl (C=O) groups excluding carboxylic acids is 2. The third kappa shape index (κ3) is 5.23. The van der Waals surface area contributed by atoms with Crippen molar-refractivity contribution in [3.8, 4) is 0 Å². The van der Waals surface area contributed by atoms with Crippen LogP contribution in [0, 0.1) is 0 Å². The van der Waals surface area contributed by atoms with E-state index in [1.807, 2.05) is 40.1 Å². The maximum Gasteiger partial charge on any atom is 0.328 e. The Balaban J connectivity index is 2.84. The second kappa shape index (κ2) is 8.62. The fraction of sp³-hybridized carbons (Fsp3) is 0.875. The molecule has 1 aliphatic rings. The highest BCUT2D eigenvalue weighted by molar-refractivity contribution is 7.98. The first-order valence-electron chi connectivity index (χ1n) is 8.66. The zero-order valence-electron chi connectivity index (χ0n) is 16.8. The van der Waals surface area contributed by atoms with Crippen molar-refractivity contribution in [1.82, 2.24) is 9.29 Å². The molecule has 26 heavy (non-hydrogen) atoms. The first-order chi connectivity index (χ1) is 11.8. The lowest BCUT2D eigenvalue weighted by Gasteiger charge is -2.53. The van der Waals surface area contributed by atoms with E-state index in [-0.39, 0.29) is 29.2 Å². The maximum atomic E-state index is 12.4. The molecule has 1 saturated heterocycles. The Morgan fingerprint density at radius 2 is 1.92 bits per heavy atom. The molecule has 7 nitrogen and oxygen atoms in total. The summed E-state index contributed by atoms with van der Waals surface area (Å²) in [4.78, 5) is 24.3. The Hall–Kier alpha value is -0.583. The second-order valence-corrected chi connectivity index (χ2v) is 16.5. The summed E-state index contributed by atoms with van der Waals surface area (Å²) in [5, 5.41) is 2.56. The molecule has 0 radical (unpaired) electrons. The quantitative estimate of drug-likeness (QED) is 0.472. The third-order valence-electron chi connectivity index (χ3n) is 5.27. The SMILES string of the molecule is COC(=O)[C@H](CCSC)NC(=O)CC1CS(=O)(=O)N1[Si](C)(C)C(C)(C)C. The average Bonchev–Trinajstić information content (AvgIpc) is 2.47. The van der Waals surface area contributed by atoms with Crippen LogP contribution in [0.3, 0.4) is 0 Å². The van der Waals surface area contributed by atoms with Crippen LogP contribution < -0.4 is 5.32 Å². The molecule has 1 N–H and O–H groups in total. The molecule has 0 aromatic heterocycles. The fourth-order valence-corrected chi connectivity index (χ4v) is 10.4. The van der Waals surface area contributed by atoms with E-state index in [0.717, 1.165) is 0 Å². The van der Waals surface area contributed by atoms with Crippen LogP contribution in [-0.4, -0.2) is 69.5 Å². The molecular formula is C16H32N2O5S2Si. The van der Waals surface area contributed by atoms with Crippen molar-refractivity contribution in [2.45, 2.75) is 63.8 Å². The van der Waals surface area contributed by atoms with Gasteiger partial charge in [0.15, 0.2) is 0 Å². The lowest BCUT2D eigenvalue weighted by atomic mass is 10.2. The molecular weight excluding hydrogens is 392 g/mol. The lowest BCUT2D eigenvalue weighted by molar-refractivity contribution is -0.145. The molecule has 0 bridgehead atoms. The standard InChI is InChI=1S/C16H32N2O5S2Si/c1-16(2,3)26(6,7)18-12(11-25(18,21)22)10-14(19)17-13(8-9-24-5)15(20)23-4/h12-13H,8-11H2,1-7H3,(H,17,19)/t12?,13-/m0/s1. The zero-order chi connectivity index (χ0) is 20.3. The Morgan fingerprint density at radius 1 is 1.35 bits per heavy atom. The van der Waals surface area contributed by atoms with Crippen molar-refractivity contribution in [2.75, 3.05) is 24.9 Å². The number of hydrogen-bond donors (Lipinski definition) is 1. The molecule has 1 heterocycles. The predicted molar refractivity (Wildman–Crippen MR) is 108 cm³/mol. The number of esters is 1. The van der Waals surface area contributed by atoms with Gasteiger partial charge in [-0.15, -0.1) is 0 Å². The highest BCUT2D eigenvalue weighted by atomic mass is 32.2. The average molecular weight is 425 g/mol. The fourth-order valence-electron chi connectivity index (χ4n) is 2.90. The number of amides is 1. The van der Waals surface area contributed by atoms with Crippen molar-refractivity contribution in [1.29, 1.82) is 0 Å². The van der Waals surface area contributed by atoms with Gasteiger partial charge in [0.05, 0.1) is 12.9 Å². The van der Waals surface area contributed by atoms with Gasteiger partial charge in [-0.3, -0.25) is 4.79 Å². The van der Waals surface area contributed by atoms with Gasteiger partial charge < -0.3 is 10.1 Å². The van der Waals surface area contributed by atoms with Crippen molar-refractivity contribution < 1.29 is 22.7 Å². The minimum Gasteiger partial charge on any atom is -0.467 e. The molecule has 0 aromatic rings. The Bertz CT molecular complexity index is 631. The summed E-state index contributed by atoms with van der Waals surface area (Å²) in [6.45, 7) is 10.2. The van der Waals surface area contributed by atoms with E-state index in [4.69, 9.17) is 4.74 Å². The number of ether oxygens (including phenoxy) is 1. The summed E-state index contributed by atoms with van der Waals surface area (Å²) in [5.41, 5.74) is 0. The monoisotopic (exact) mass is 424 g/mol. The van der Waals surface area contributed by atoms with Crippen LogP contribution >= 0.6 is 11.8 Å². The maximum absolute atomic E-state index is 12.4. The Morgan fingerprint density at radius 3 is 2.35 bits per heavy atom. The number of nitrogens with one attached hydrogen (secondary N) is 1. The van der Waals surface area contributed by atoms with Crippen LogP contribution in [0.4, 0.5) is 0 Å². The molecule has 152 valence electrons.